The Kier molecular flexibility index (Phi) is 3.99. The van der Waals surface area contributed by atoms with Gasteiger partial charge in [0.15, 0.2) is 0 Å². The highest BCUT2D eigenvalue weighted by molar-refractivity contribution is 5.82. The van der Waals surface area contributed by atoms with Crippen molar-refractivity contribution in [3.05, 3.63) is 0 Å². The third-order valence-electron chi connectivity index (χ3n) is 3.26. The quantitative estimate of drug-likeness (QED) is 0.640. The molecule has 5 nitrogen and oxygen atoms in total. The fourth-order valence-electron chi connectivity index (χ4n) is 1.85. The molecule has 0 aromatic rings. The van der Waals surface area contributed by atoms with E-state index in [9.17, 15) is 9.59 Å². The SMILES string of the molecule is O=C(O)CN(CC1CC1)C(=O)CNCC1CC1. The largest absolute Gasteiger partial charge is 0.480 e. The minimum atomic E-state index is -0.929. The van der Waals surface area contributed by atoms with E-state index in [0.29, 0.717) is 12.5 Å². The second kappa shape index (κ2) is 5.49. The summed E-state index contributed by atoms with van der Waals surface area (Å²) in [5.41, 5.74) is 0. The molecule has 2 N–H and O–H groups in total. The zero-order valence-corrected chi connectivity index (χ0v) is 10.0. The van der Waals surface area contributed by atoms with E-state index in [0.717, 1.165) is 25.3 Å². The predicted octanol–water partition coefficient (Wildman–Crippen LogP) is 0.309. The molecule has 0 bridgehead atoms. The van der Waals surface area contributed by atoms with Crippen molar-refractivity contribution < 1.29 is 14.7 Å². The molecule has 0 spiro atoms. The number of carbonyl (C=O) groups excluding carboxylic acids is 1. The molecule has 0 aromatic carbocycles. The smallest absolute Gasteiger partial charge is 0.323 e. The number of aliphatic carboxylic acids is 1. The molecule has 96 valence electrons. The Morgan fingerprint density at radius 3 is 2.35 bits per heavy atom. The highest BCUT2D eigenvalue weighted by atomic mass is 16.4. The molecule has 2 fully saturated rings. The highest BCUT2D eigenvalue weighted by Gasteiger charge is 2.28. The van der Waals surface area contributed by atoms with Gasteiger partial charge < -0.3 is 15.3 Å². The highest BCUT2D eigenvalue weighted by Crippen LogP contribution is 2.29. The van der Waals surface area contributed by atoms with Crippen molar-refractivity contribution in [3.8, 4) is 0 Å². The van der Waals surface area contributed by atoms with Gasteiger partial charge >= 0.3 is 5.97 Å². The average Bonchev–Trinajstić information content (AvgIpc) is 3.10. The van der Waals surface area contributed by atoms with Gasteiger partial charge in [0.2, 0.25) is 5.91 Å². The summed E-state index contributed by atoms with van der Waals surface area (Å²) >= 11 is 0. The van der Waals surface area contributed by atoms with E-state index in [1.54, 1.807) is 0 Å². The molecule has 0 aromatic heterocycles. The third-order valence-corrected chi connectivity index (χ3v) is 3.26. The first-order valence-electron chi connectivity index (χ1n) is 6.35. The fourth-order valence-corrected chi connectivity index (χ4v) is 1.85. The second-order valence-electron chi connectivity index (χ2n) is 5.19. The van der Waals surface area contributed by atoms with Gasteiger partial charge in [-0.1, -0.05) is 0 Å². The lowest BCUT2D eigenvalue weighted by Gasteiger charge is -2.20. The standard InChI is InChI=1S/C12H20N2O3/c15-11(6-13-5-9-1-2-9)14(8-12(16)17)7-10-3-4-10/h9-10,13H,1-8H2,(H,16,17). The number of nitrogens with zero attached hydrogens (tertiary/aromatic N) is 1. The zero-order valence-electron chi connectivity index (χ0n) is 10.0. The topological polar surface area (TPSA) is 69.6 Å². The maximum absolute atomic E-state index is 11.8. The van der Waals surface area contributed by atoms with E-state index in [-0.39, 0.29) is 19.0 Å². The lowest BCUT2D eigenvalue weighted by atomic mass is 10.3. The van der Waals surface area contributed by atoms with Crippen LogP contribution >= 0.6 is 0 Å². The van der Waals surface area contributed by atoms with Gasteiger partial charge in [0, 0.05) is 6.54 Å². The summed E-state index contributed by atoms with van der Waals surface area (Å²) < 4.78 is 0. The Hall–Kier alpha value is -1.10. The van der Waals surface area contributed by atoms with E-state index in [4.69, 9.17) is 5.11 Å². The summed E-state index contributed by atoms with van der Waals surface area (Å²) in [6.07, 6.45) is 4.75. The average molecular weight is 240 g/mol. The molecule has 0 atom stereocenters. The van der Waals surface area contributed by atoms with Crippen LogP contribution in [-0.4, -0.2) is 48.1 Å². The van der Waals surface area contributed by atoms with Crippen LogP contribution in [0.1, 0.15) is 25.7 Å². The van der Waals surface area contributed by atoms with Crippen LogP contribution < -0.4 is 5.32 Å². The van der Waals surface area contributed by atoms with Gasteiger partial charge in [0.25, 0.3) is 0 Å². The van der Waals surface area contributed by atoms with Gasteiger partial charge in [-0.25, -0.2) is 0 Å². The van der Waals surface area contributed by atoms with Crippen LogP contribution in [0.5, 0.6) is 0 Å². The molecule has 2 aliphatic carbocycles. The molecule has 0 aliphatic heterocycles. The lowest BCUT2D eigenvalue weighted by Crippen LogP contribution is -2.42. The van der Waals surface area contributed by atoms with Crippen LogP contribution in [0.2, 0.25) is 0 Å². The van der Waals surface area contributed by atoms with E-state index in [1.165, 1.54) is 17.7 Å². The second-order valence-corrected chi connectivity index (χ2v) is 5.19. The van der Waals surface area contributed by atoms with Crippen LogP contribution in [0.4, 0.5) is 0 Å². The van der Waals surface area contributed by atoms with Crippen molar-refractivity contribution in [2.24, 2.45) is 11.8 Å². The molecule has 2 rings (SSSR count). The van der Waals surface area contributed by atoms with Gasteiger partial charge in [0.1, 0.15) is 6.54 Å². The summed E-state index contributed by atoms with van der Waals surface area (Å²) in [7, 11) is 0. The molecule has 2 saturated carbocycles. The zero-order chi connectivity index (χ0) is 12.3. The molecule has 0 unspecified atom stereocenters. The van der Waals surface area contributed by atoms with Crippen LogP contribution in [0.3, 0.4) is 0 Å². The van der Waals surface area contributed by atoms with Crippen molar-refractivity contribution in [3.63, 3.8) is 0 Å². The number of rotatable bonds is 8. The molecular weight excluding hydrogens is 220 g/mol. The number of nitrogens with one attached hydrogen (secondary N) is 1. The molecule has 0 saturated heterocycles. The first-order chi connectivity index (χ1) is 8.15. The maximum atomic E-state index is 11.8. The first kappa shape index (κ1) is 12.4. The summed E-state index contributed by atoms with van der Waals surface area (Å²) in [4.78, 5) is 24.0. The number of carboxylic acid groups (broad SMARTS) is 1. The van der Waals surface area contributed by atoms with Crippen molar-refractivity contribution in [2.45, 2.75) is 25.7 Å². The number of hydrogen-bond donors (Lipinski definition) is 2. The van der Waals surface area contributed by atoms with Gasteiger partial charge in [-0.05, 0) is 44.1 Å². The first-order valence-corrected chi connectivity index (χ1v) is 6.35. The van der Waals surface area contributed by atoms with E-state index < -0.39 is 5.97 Å². The van der Waals surface area contributed by atoms with Gasteiger partial charge in [-0.2, -0.15) is 0 Å². The number of hydrogen-bond acceptors (Lipinski definition) is 3. The maximum Gasteiger partial charge on any atom is 0.323 e. The van der Waals surface area contributed by atoms with E-state index in [2.05, 4.69) is 5.32 Å². The van der Waals surface area contributed by atoms with Crippen LogP contribution in [0.25, 0.3) is 0 Å². The molecule has 5 heteroatoms. The Morgan fingerprint density at radius 1 is 1.18 bits per heavy atom. The Balaban J connectivity index is 1.70. The van der Waals surface area contributed by atoms with E-state index >= 15 is 0 Å². The number of carboxylic acids is 1. The van der Waals surface area contributed by atoms with Crippen molar-refractivity contribution in [1.29, 1.82) is 0 Å². The van der Waals surface area contributed by atoms with Gasteiger partial charge in [-0.3, -0.25) is 9.59 Å². The molecule has 0 heterocycles. The summed E-state index contributed by atoms with van der Waals surface area (Å²) in [5, 5.41) is 11.9. The van der Waals surface area contributed by atoms with Crippen LogP contribution in [-0.2, 0) is 9.59 Å². The molecule has 0 radical (unpaired) electrons. The fraction of sp³-hybridized carbons (Fsp3) is 0.833. The molecular formula is C12H20N2O3. The van der Waals surface area contributed by atoms with Gasteiger partial charge in [0.05, 0.1) is 6.54 Å². The number of carbonyl (C=O) groups is 2. The summed E-state index contributed by atoms with van der Waals surface area (Å²) in [6, 6.07) is 0. The van der Waals surface area contributed by atoms with Crippen molar-refractivity contribution >= 4 is 11.9 Å². The Morgan fingerprint density at radius 2 is 1.82 bits per heavy atom. The monoisotopic (exact) mass is 240 g/mol. The van der Waals surface area contributed by atoms with Crippen LogP contribution in [0, 0.1) is 11.8 Å². The van der Waals surface area contributed by atoms with Crippen LogP contribution in [0.15, 0.2) is 0 Å². The van der Waals surface area contributed by atoms with E-state index in [1.807, 2.05) is 0 Å². The van der Waals surface area contributed by atoms with Crippen molar-refractivity contribution in [2.75, 3.05) is 26.2 Å². The molecule has 1 amide bonds. The normalized spacial score (nSPS) is 19.1. The Bertz CT molecular complexity index is 298. The molecule has 17 heavy (non-hydrogen) atoms. The minimum Gasteiger partial charge on any atom is -0.480 e. The Labute approximate surface area is 101 Å². The summed E-state index contributed by atoms with van der Waals surface area (Å²) in [5.74, 6) is 0.252. The summed E-state index contributed by atoms with van der Waals surface area (Å²) in [6.45, 7) is 1.60. The van der Waals surface area contributed by atoms with Gasteiger partial charge in [-0.15, -0.1) is 0 Å². The molecule has 2 aliphatic rings. The third kappa shape index (κ3) is 4.73. The lowest BCUT2D eigenvalue weighted by molar-refractivity contribution is -0.144. The predicted molar refractivity (Wildman–Crippen MR) is 62.5 cm³/mol. The van der Waals surface area contributed by atoms with Crippen molar-refractivity contribution in [1.82, 2.24) is 10.2 Å². The minimum absolute atomic E-state index is 0.0834. The number of amides is 1.